The van der Waals surface area contributed by atoms with Crippen LogP contribution in [0.5, 0.6) is 0 Å². The maximum absolute atomic E-state index is 10.5. The van der Waals surface area contributed by atoms with Gasteiger partial charge in [-0.1, -0.05) is 68.6 Å². The summed E-state index contributed by atoms with van der Waals surface area (Å²) in [5.74, 6) is 4.59. The maximum atomic E-state index is 10.5. The molecule has 31 heavy (non-hydrogen) atoms. The maximum Gasteiger partial charge on any atom is 0.186 e. The van der Waals surface area contributed by atoms with Gasteiger partial charge >= 0.3 is 0 Å². The zero-order valence-corrected chi connectivity index (χ0v) is 19.1. The Kier molecular flexibility index (Phi) is 6.66. The standard InChI is InChI=1S/C27H40N2O2/c1-2-13-31-26-17-24(28-27(29-26)23-9-5-6-10-25(23)30)21-12-11-20-14-18-7-3-4-8-19(18)15-22(20)16-21/h5-6,9-10,12,18-20,22-25,27-28,30H,2-4,7-8,11,13-17H2,1H3. The average Bonchev–Trinajstić information content (AvgIpc) is 2.81. The van der Waals surface area contributed by atoms with Crippen LogP contribution in [0.3, 0.4) is 0 Å². The van der Waals surface area contributed by atoms with E-state index in [4.69, 9.17) is 9.73 Å². The van der Waals surface area contributed by atoms with Crippen molar-refractivity contribution in [3.05, 3.63) is 36.0 Å². The van der Waals surface area contributed by atoms with Gasteiger partial charge < -0.3 is 9.84 Å². The monoisotopic (exact) mass is 424 g/mol. The first-order valence-electron chi connectivity index (χ1n) is 12.9. The SMILES string of the molecule is CCCOC1=NC(C2C=CC=CC2O)NC(C2=CCC3CC4CCCCC4CC3C2)C1. The Morgan fingerprint density at radius 1 is 1.03 bits per heavy atom. The smallest absolute Gasteiger partial charge is 0.186 e. The first-order valence-corrected chi connectivity index (χ1v) is 12.9. The van der Waals surface area contributed by atoms with Crippen molar-refractivity contribution in [1.82, 2.24) is 5.32 Å². The van der Waals surface area contributed by atoms with E-state index in [1.807, 2.05) is 18.2 Å². The van der Waals surface area contributed by atoms with Crippen LogP contribution in [0.1, 0.15) is 71.1 Å². The first-order chi connectivity index (χ1) is 15.2. The lowest BCUT2D eigenvalue weighted by molar-refractivity contribution is 0.0722. The van der Waals surface area contributed by atoms with Crippen molar-refractivity contribution in [3.63, 3.8) is 0 Å². The third-order valence-corrected chi connectivity index (χ3v) is 8.59. The molecule has 4 heteroatoms. The third-order valence-electron chi connectivity index (χ3n) is 8.59. The van der Waals surface area contributed by atoms with Crippen LogP contribution in [0.15, 0.2) is 40.9 Å². The van der Waals surface area contributed by atoms with Crippen molar-refractivity contribution in [2.75, 3.05) is 6.61 Å². The number of aliphatic hydroxyl groups is 1. The molecule has 2 N–H and O–H groups in total. The van der Waals surface area contributed by atoms with Gasteiger partial charge in [0.05, 0.1) is 12.7 Å². The first kappa shape index (κ1) is 21.5. The number of aliphatic imine (C=N–C) groups is 1. The minimum absolute atomic E-state index is 0.0392. The van der Waals surface area contributed by atoms with Gasteiger partial charge in [-0.2, -0.15) is 0 Å². The second kappa shape index (κ2) is 9.62. The molecule has 8 atom stereocenters. The normalized spacial score (nSPS) is 42.3. The lowest BCUT2D eigenvalue weighted by Gasteiger charge is -2.47. The molecule has 0 aromatic rings. The summed E-state index contributed by atoms with van der Waals surface area (Å²) in [5, 5.41) is 14.3. The van der Waals surface area contributed by atoms with Gasteiger partial charge in [0.15, 0.2) is 5.90 Å². The van der Waals surface area contributed by atoms with Gasteiger partial charge in [0.25, 0.3) is 0 Å². The summed E-state index contributed by atoms with van der Waals surface area (Å²) >= 11 is 0. The molecule has 0 spiro atoms. The molecular formula is C27H40N2O2. The average molecular weight is 425 g/mol. The van der Waals surface area contributed by atoms with E-state index in [2.05, 4.69) is 24.4 Å². The van der Waals surface area contributed by atoms with E-state index >= 15 is 0 Å². The van der Waals surface area contributed by atoms with Crippen LogP contribution in [0.4, 0.5) is 0 Å². The number of ether oxygens (including phenoxy) is 1. The number of fused-ring (bicyclic) bond motifs is 2. The van der Waals surface area contributed by atoms with E-state index in [0.717, 1.165) is 42.4 Å². The number of hydrogen-bond donors (Lipinski definition) is 2. The molecule has 0 amide bonds. The molecule has 1 heterocycles. The number of hydrogen-bond acceptors (Lipinski definition) is 4. The fourth-order valence-corrected chi connectivity index (χ4v) is 6.92. The van der Waals surface area contributed by atoms with Crippen LogP contribution in [-0.2, 0) is 4.74 Å². The van der Waals surface area contributed by atoms with Gasteiger partial charge in [0.2, 0.25) is 0 Å². The Labute approximate surface area is 187 Å². The fourth-order valence-electron chi connectivity index (χ4n) is 6.92. The molecule has 0 aromatic heterocycles. The number of aliphatic hydroxyl groups excluding tert-OH is 1. The lowest BCUT2D eigenvalue weighted by atomic mass is 9.60. The van der Waals surface area contributed by atoms with Gasteiger partial charge in [0.1, 0.15) is 6.17 Å². The second-order valence-electron chi connectivity index (χ2n) is 10.6. The number of rotatable bonds is 4. The highest BCUT2D eigenvalue weighted by Crippen LogP contribution is 2.50. The topological polar surface area (TPSA) is 53.9 Å². The zero-order valence-electron chi connectivity index (χ0n) is 19.1. The molecule has 0 saturated heterocycles. The molecular weight excluding hydrogens is 384 g/mol. The number of allylic oxidation sites excluding steroid dienone is 3. The molecule has 5 rings (SSSR count). The summed E-state index contributed by atoms with van der Waals surface area (Å²) in [6, 6.07) is 0.283. The van der Waals surface area contributed by atoms with Crippen molar-refractivity contribution in [2.24, 2.45) is 34.6 Å². The van der Waals surface area contributed by atoms with Crippen LogP contribution < -0.4 is 5.32 Å². The second-order valence-corrected chi connectivity index (χ2v) is 10.6. The van der Waals surface area contributed by atoms with E-state index in [-0.39, 0.29) is 18.1 Å². The van der Waals surface area contributed by atoms with E-state index in [1.165, 1.54) is 51.4 Å². The molecule has 5 aliphatic rings. The summed E-state index contributed by atoms with van der Waals surface area (Å²) in [4.78, 5) is 4.88. The van der Waals surface area contributed by atoms with Crippen LogP contribution in [0.25, 0.3) is 0 Å². The molecule has 8 unspecified atom stereocenters. The summed E-state index contributed by atoms with van der Waals surface area (Å²) in [7, 11) is 0. The van der Waals surface area contributed by atoms with Crippen molar-refractivity contribution in [1.29, 1.82) is 0 Å². The largest absolute Gasteiger partial charge is 0.481 e. The van der Waals surface area contributed by atoms with E-state index in [0.29, 0.717) is 6.61 Å². The Morgan fingerprint density at radius 2 is 1.81 bits per heavy atom. The summed E-state index contributed by atoms with van der Waals surface area (Å²) in [6.07, 6.45) is 22.9. The summed E-state index contributed by atoms with van der Waals surface area (Å²) < 4.78 is 6.05. The third kappa shape index (κ3) is 4.71. The van der Waals surface area contributed by atoms with Crippen molar-refractivity contribution in [3.8, 4) is 0 Å². The van der Waals surface area contributed by atoms with Gasteiger partial charge in [-0.25, -0.2) is 4.99 Å². The molecule has 4 nitrogen and oxygen atoms in total. The molecule has 0 bridgehead atoms. The van der Waals surface area contributed by atoms with Gasteiger partial charge in [-0.15, -0.1) is 0 Å². The van der Waals surface area contributed by atoms with Crippen molar-refractivity contribution < 1.29 is 9.84 Å². The van der Waals surface area contributed by atoms with Crippen molar-refractivity contribution in [2.45, 2.75) is 89.4 Å². The Hall–Kier alpha value is -1.39. The summed E-state index contributed by atoms with van der Waals surface area (Å²) in [5.41, 5.74) is 1.57. The quantitative estimate of drug-likeness (QED) is 0.613. The van der Waals surface area contributed by atoms with E-state index < -0.39 is 6.10 Å². The van der Waals surface area contributed by atoms with Crippen molar-refractivity contribution >= 4 is 5.90 Å². The Balaban J connectivity index is 1.31. The predicted octanol–water partition coefficient (Wildman–Crippen LogP) is 5.16. The van der Waals surface area contributed by atoms with E-state index in [1.54, 1.807) is 5.57 Å². The van der Waals surface area contributed by atoms with Gasteiger partial charge in [0, 0.05) is 18.4 Å². The van der Waals surface area contributed by atoms with E-state index in [9.17, 15) is 5.11 Å². The van der Waals surface area contributed by atoms with Crippen LogP contribution in [-0.4, -0.2) is 35.9 Å². The molecule has 0 aromatic carbocycles. The highest BCUT2D eigenvalue weighted by Gasteiger charge is 2.41. The molecule has 0 radical (unpaired) electrons. The predicted molar refractivity (Wildman–Crippen MR) is 126 cm³/mol. The number of nitrogens with zero attached hydrogens (tertiary/aromatic N) is 1. The lowest BCUT2D eigenvalue weighted by Crippen LogP contribution is -2.51. The molecule has 170 valence electrons. The number of nitrogens with one attached hydrogen (secondary N) is 1. The Bertz CT molecular complexity index is 754. The fraction of sp³-hybridized carbons (Fsp3) is 0.741. The summed E-state index contributed by atoms with van der Waals surface area (Å²) in [6.45, 7) is 2.86. The highest BCUT2D eigenvalue weighted by molar-refractivity contribution is 5.78. The van der Waals surface area contributed by atoms with Gasteiger partial charge in [-0.05, 0) is 55.8 Å². The minimum Gasteiger partial charge on any atom is -0.481 e. The van der Waals surface area contributed by atoms with Crippen LogP contribution >= 0.6 is 0 Å². The zero-order chi connectivity index (χ0) is 21.2. The molecule has 1 aliphatic heterocycles. The molecule has 4 aliphatic carbocycles. The van der Waals surface area contributed by atoms with Gasteiger partial charge in [-0.3, -0.25) is 5.32 Å². The Morgan fingerprint density at radius 3 is 2.58 bits per heavy atom. The van der Waals surface area contributed by atoms with Crippen LogP contribution in [0, 0.1) is 29.6 Å². The minimum atomic E-state index is -0.497. The highest BCUT2D eigenvalue weighted by atomic mass is 16.5. The molecule has 2 fully saturated rings. The molecule has 2 saturated carbocycles. The van der Waals surface area contributed by atoms with Crippen LogP contribution in [0.2, 0.25) is 0 Å².